The van der Waals surface area contributed by atoms with E-state index in [0.717, 1.165) is 6.33 Å². The molecule has 33 heavy (non-hydrogen) atoms. The van der Waals surface area contributed by atoms with Crippen molar-refractivity contribution in [3.05, 3.63) is 12.7 Å². The van der Waals surface area contributed by atoms with Crippen LogP contribution in [0.5, 0.6) is 0 Å². The third-order valence-corrected chi connectivity index (χ3v) is 9.11. The number of nitrogens with zero attached hydrogens (tertiary/aromatic N) is 4. The van der Waals surface area contributed by atoms with Crippen LogP contribution in [0.3, 0.4) is 0 Å². The molecule has 186 valence electrons. The molecule has 1 aliphatic heterocycles. The van der Waals surface area contributed by atoms with Gasteiger partial charge in [0.05, 0.1) is 12.9 Å². The first kappa shape index (κ1) is 26.6. The normalized spacial score (nSPS) is 28.9. The summed E-state index contributed by atoms with van der Waals surface area (Å²) in [6.45, 7) is -0.926. The Morgan fingerprint density at radius 2 is 1.76 bits per heavy atom. The zero-order valence-corrected chi connectivity index (χ0v) is 19.8. The standard InChI is InChI=1S/C11H18N5O13P3S/c1-33-29-32(23,24)28-31(21,22)27-30(19,20)25-2-5-7(17)8(18)11(26-5)16-4-15-6-9(12)13-3-14-10(6)16/h3-5,7-8,11,17-18H,2H2,1H3,(H,19,20)(H,21,22)(H,23,24)(H2,12,13,14)/t5-,7-,8-,11-/m1/s1. The van der Waals surface area contributed by atoms with Gasteiger partial charge in [0, 0.05) is 18.3 Å². The van der Waals surface area contributed by atoms with Crippen LogP contribution in [0, 0.1) is 0 Å². The van der Waals surface area contributed by atoms with Gasteiger partial charge in [-0.05, 0) is 0 Å². The highest BCUT2D eigenvalue weighted by atomic mass is 32.2. The van der Waals surface area contributed by atoms with Gasteiger partial charge in [-0.1, -0.05) is 0 Å². The smallest absolute Gasteiger partial charge is 0.387 e. The fourth-order valence-electron chi connectivity index (χ4n) is 2.73. The number of phosphoric ester groups is 1. The number of hydrogen-bond acceptors (Lipinski definition) is 15. The zero-order valence-electron chi connectivity index (χ0n) is 16.3. The molecular weight excluding hydrogens is 535 g/mol. The molecule has 3 unspecified atom stereocenters. The molecule has 0 bridgehead atoms. The molecule has 22 heteroatoms. The van der Waals surface area contributed by atoms with Gasteiger partial charge < -0.3 is 35.4 Å². The van der Waals surface area contributed by atoms with E-state index in [1.54, 1.807) is 0 Å². The monoisotopic (exact) mass is 553 g/mol. The second-order valence-electron chi connectivity index (χ2n) is 6.24. The summed E-state index contributed by atoms with van der Waals surface area (Å²) in [5.74, 6) is 0.0519. The SMILES string of the molecule is CSOP(=O)(O)OP(=O)(O)OP(=O)(O)OC[C@H]1O[C@@H](n2cnc3c(N)ncnc32)[C@H](O)[C@@H]1O. The van der Waals surface area contributed by atoms with Gasteiger partial charge in [-0.15, -0.1) is 0 Å². The van der Waals surface area contributed by atoms with E-state index in [0.29, 0.717) is 12.0 Å². The van der Waals surface area contributed by atoms with Crippen LogP contribution in [0.1, 0.15) is 6.23 Å². The highest BCUT2D eigenvalue weighted by molar-refractivity contribution is 7.97. The lowest BCUT2D eigenvalue weighted by molar-refractivity contribution is -0.0503. The van der Waals surface area contributed by atoms with Gasteiger partial charge >= 0.3 is 23.5 Å². The molecule has 1 aliphatic rings. The molecule has 18 nitrogen and oxygen atoms in total. The minimum Gasteiger partial charge on any atom is -0.387 e. The summed E-state index contributed by atoms with van der Waals surface area (Å²) in [6, 6.07) is 0. The lowest BCUT2D eigenvalue weighted by Gasteiger charge is -2.19. The maximum atomic E-state index is 12.0. The zero-order chi connectivity index (χ0) is 24.6. The number of phosphoric acid groups is 3. The Labute approximate surface area is 188 Å². The molecular formula is C11H18N5O13P3S. The Hall–Kier alpha value is -1.01. The first-order chi connectivity index (χ1) is 15.3. The van der Waals surface area contributed by atoms with Crippen molar-refractivity contribution < 1.29 is 60.4 Å². The number of aromatic nitrogens is 4. The number of rotatable bonds is 10. The predicted octanol–water partition coefficient (Wildman–Crippen LogP) is -0.327. The second-order valence-corrected chi connectivity index (χ2v) is 11.5. The molecule has 0 saturated carbocycles. The summed E-state index contributed by atoms with van der Waals surface area (Å²) in [5.41, 5.74) is 6.05. The van der Waals surface area contributed by atoms with Crippen molar-refractivity contribution in [2.24, 2.45) is 0 Å². The maximum absolute atomic E-state index is 12.0. The van der Waals surface area contributed by atoms with Crippen molar-refractivity contribution in [2.45, 2.75) is 24.5 Å². The van der Waals surface area contributed by atoms with E-state index in [9.17, 15) is 38.6 Å². The lowest BCUT2D eigenvalue weighted by Crippen LogP contribution is -2.33. The van der Waals surface area contributed by atoms with Gasteiger partial charge in [0.25, 0.3) is 0 Å². The molecule has 0 spiro atoms. The van der Waals surface area contributed by atoms with Crippen LogP contribution >= 0.6 is 35.5 Å². The molecule has 0 radical (unpaired) electrons. The molecule has 0 aromatic carbocycles. The number of aliphatic hydroxyl groups is 2. The van der Waals surface area contributed by atoms with Gasteiger partial charge in [-0.25, -0.2) is 32.6 Å². The molecule has 0 amide bonds. The van der Waals surface area contributed by atoms with Gasteiger partial charge in [-0.2, -0.15) is 8.62 Å². The van der Waals surface area contributed by atoms with Gasteiger partial charge in [-0.3, -0.25) is 9.09 Å². The van der Waals surface area contributed by atoms with Crippen LogP contribution < -0.4 is 5.73 Å². The molecule has 2 aromatic heterocycles. The third kappa shape index (κ3) is 6.36. The fraction of sp³-hybridized carbons (Fsp3) is 0.545. The van der Waals surface area contributed by atoms with Crippen molar-refractivity contribution in [3.63, 3.8) is 0 Å². The quantitative estimate of drug-likeness (QED) is 0.162. The van der Waals surface area contributed by atoms with E-state index in [4.69, 9.17) is 10.5 Å². The van der Waals surface area contributed by atoms with E-state index < -0.39 is 54.6 Å². The predicted molar refractivity (Wildman–Crippen MR) is 108 cm³/mol. The Bertz CT molecular complexity index is 1150. The van der Waals surface area contributed by atoms with Crippen LogP contribution in [-0.4, -0.2) is 75.6 Å². The first-order valence-corrected chi connectivity index (χ1v) is 14.1. The van der Waals surface area contributed by atoms with Crippen molar-refractivity contribution >= 4 is 52.5 Å². The summed E-state index contributed by atoms with van der Waals surface area (Å²) in [4.78, 5) is 40.0. The third-order valence-electron chi connectivity index (χ3n) is 3.98. The van der Waals surface area contributed by atoms with Crippen molar-refractivity contribution in [2.75, 3.05) is 18.6 Å². The molecule has 3 rings (SSSR count). The second kappa shape index (κ2) is 9.93. The van der Waals surface area contributed by atoms with Crippen LogP contribution in [0.2, 0.25) is 0 Å². The molecule has 7 atom stereocenters. The van der Waals surface area contributed by atoms with Gasteiger partial charge in [0.2, 0.25) is 0 Å². The highest BCUT2D eigenvalue weighted by Gasteiger charge is 2.47. The average molecular weight is 553 g/mol. The van der Waals surface area contributed by atoms with Crippen LogP contribution in [0.25, 0.3) is 11.2 Å². The average Bonchev–Trinajstić information content (AvgIpc) is 3.21. The number of imidazole rings is 1. The maximum Gasteiger partial charge on any atom is 0.492 e. The number of aliphatic hydroxyl groups excluding tert-OH is 2. The van der Waals surface area contributed by atoms with Gasteiger partial charge in [0.15, 0.2) is 17.7 Å². The van der Waals surface area contributed by atoms with E-state index in [1.807, 2.05) is 0 Å². The van der Waals surface area contributed by atoms with Crippen molar-refractivity contribution in [1.29, 1.82) is 0 Å². The summed E-state index contributed by atoms with van der Waals surface area (Å²) < 4.78 is 58.1. The number of hydrogen-bond donors (Lipinski definition) is 6. The topological polar surface area (TPSA) is 268 Å². The number of nitrogen functional groups attached to an aromatic ring is 1. The highest BCUT2D eigenvalue weighted by Crippen LogP contribution is 2.68. The first-order valence-electron chi connectivity index (χ1n) is 8.48. The molecule has 1 fully saturated rings. The summed E-state index contributed by atoms with van der Waals surface area (Å²) in [7, 11) is -16.1. The Morgan fingerprint density at radius 1 is 1.09 bits per heavy atom. The summed E-state index contributed by atoms with van der Waals surface area (Å²) in [6.07, 6.45) is -2.41. The fourth-order valence-corrected chi connectivity index (χ4v) is 6.83. The number of anilines is 1. The number of fused-ring (bicyclic) bond motifs is 1. The largest absolute Gasteiger partial charge is 0.492 e. The number of nitrogens with two attached hydrogens (primary N) is 1. The van der Waals surface area contributed by atoms with Crippen LogP contribution in [0.4, 0.5) is 5.82 Å². The summed E-state index contributed by atoms with van der Waals surface area (Å²) >= 11 is 0.317. The molecule has 7 N–H and O–H groups in total. The van der Waals surface area contributed by atoms with Crippen LogP contribution in [-0.2, 0) is 35.5 Å². The van der Waals surface area contributed by atoms with Crippen molar-refractivity contribution in [3.8, 4) is 0 Å². The minimum atomic E-state index is -5.62. The Kier molecular flexibility index (Phi) is 8.00. The Balaban J connectivity index is 1.66. The van der Waals surface area contributed by atoms with E-state index in [1.165, 1.54) is 17.2 Å². The molecule has 1 saturated heterocycles. The van der Waals surface area contributed by atoms with E-state index in [-0.39, 0.29) is 17.0 Å². The van der Waals surface area contributed by atoms with Crippen molar-refractivity contribution in [1.82, 2.24) is 19.5 Å². The number of ether oxygens (including phenoxy) is 1. The minimum absolute atomic E-state index is 0.0519. The van der Waals surface area contributed by atoms with E-state index >= 15 is 0 Å². The van der Waals surface area contributed by atoms with Gasteiger partial charge in [0.1, 0.15) is 30.2 Å². The molecule has 0 aliphatic carbocycles. The summed E-state index contributed by atoms with van der Waals surface area (Å²) in [5, 5.41) is 20.5. The Morgan fingerprint density at radius 3 is 2.42 bits per heavy atom. The lowest BCUT2D eigenvalue weighted by atomic mass is 10.1. The van der Waals surface area contributed by atoms with Crippen LogP contribution in [0.15, 0.2) is 12.7 Å². The molecule has 3 heterocycles. The van der Waals surface area contributed by atoms with E-state index in [2.05, 4.69) is 32.1 Å². The molecule has 2 aromatic rings.